The van der Waals surface area contributed by atoms with Gasteiger partial charge in [-0.3, -0.25) is 4.79 Å². The van der Waals surface area contributed by atoms with Crippen molar-refractivity contribution in [1.29, 1.82) is 0 Å². The summed E-state index contributed by atoms with van der Waals surface area (Å²) < 4.78 is 0.918. The summed E-state index contributed by atoms with van der Waals surface area (Å²) in [6, 6.07) is 6.26. The zero-order valence-electron chi connectivity index (χ0n) is 10.9. The summed E-state index contributed by atoms with van der Waals surface area (Å²) in [6.45, 7) is 3.67. The van der Waals surface area contributed by atoms with Crippen LogP contribution in [-0.4, -0.2) is 37.0 Å². The Bertz CT molecular complexity index is 447. The second-order valence-corrected chi connectivity index (χ2v) is 5.61. The Labute approximate surface area is 117 Å². The minimum Gasteiger partial charge on any atom is -0.337 e. The van der Waals surface area contributed by atoms with Crippen LogP contribution < -0.4 is 5.32 Å². The number of hydrogen-bond donors (Lipinski definition) is 1. The topological polar surface area (TPSA) is 32.3 Å². The van der Waals surface area contributed by atoms with Gasteiger partial charge in [0.05, 0.1) is 5.56 Å². The number of likely N-dealkylation sites (tertiary alicyclic amines) is 1. The normalized spacial score (nSPS) is 19.9. The predicted molar refractivity (Wildman–Crippen MR) is 76.9 cm³/mol. The fourth-order valence-corrected chi connectivity index (χ4v) is 2.81. The molecule has 0 aliphatic carbocycles. The summed E-state index contributed by atoms with van der Waals surface area (Å²) in [5.74, 6) is 0.130. The van der Waals surface area contributed by atoms with E-state index < -0.39 is 0 Å². The van der Waals surface area contributed by atoms with Crippen LogP contribution in [-0.2, 0) is 0 Å². The quantitative estimate of drug-likeness (QED) is 0.910. The highest BCUT2D eigenvalue weighted by Gasteiger charge is 2.24. The first-order valence-corrected chi connectivity index (χ1v) is 7.14. The molecule has 1 N–H and O–H groups in total. The molecule has 1 atom stereocenters. The molecule has 18 heavy (non-hydrogen) atoms. The van der Waals surface area contributed by atoms with Gasteiger partial charge in [0.15, 0.2) is 0 Å². The molecule has 1 aliphatic rings. The van der Waals surface area contributed by atoms with Gasteiger partial charge >= 0.3 is 0 Å². The molecule has 3 nitrogen and oxygen atoms in total. The van der Waals surface area contributed by atoms with Gasteiger partial charge in [0, 0.05) is 23.6 Å². The zero-order valence-corrected chi connectivity index (χ0v) is 12.5. The summed E-state index contributed by atoms with van der Waals surface area (Å²) in [5, 5.41) is 3.26. The van der Waals surface area contributed by atoms with Crippen LogP contribution in [0.5, 0.6) is 0 Å². The second-order valence-electron chi connectivity index (χ2n) is 4.82. The average Bonchev–Trinajstić information content (AvgIpc) is 2.41. The number of carbonyl (C=O) groups is 1. The van der Waals surface area contributed by atoms with Crippen molar-refractivity contribution in [3.05, 3.63) is 33.8 Å². The number of rotatable bonds is 2. The van der Waals surface area contributed by atoms with E-state index in [1.165, 1.54) is 0 Å². The van der Waals surface area contributed by atoms with Gasteiger partial charge in [0.2, 0.25) is 0 Å². The molecule has 0 bridgehead atoms. The molecular weight excluding hydrogens is 292 g/mol. The number of piperidine rings is 1. The lowest BCUT2D eigenvalue weighted by molar-refractivity contribution is 0.0697. The smallest absolute Gasteiger partial charge is 0.255 e. The number of benzene rings is 1. The molecule has 0 aromatic heterocycles. The molecule has 1 aromatic carbocycles. The third-order valence-corrected chi connectivity index (χ3v) is 4.59. The molecule has 1 amide bonds. The molecule has 1 fully saturated rings. The number of amides is 1. The first kappa shape index (κ1) is 13.6. The number of nitrogens with zero attached hydrogens (tertiary/aromatic N) is 1. The van der Waals surface area contributed by atoms with Crippen LogP contribution in [0, 0.1) is 6.92 Å². The Morgan fingerprint density at radius 2 is 2.28 bits per heavy atom. The molecule has 1 unspecified atom stereocenters. The van der Waals surface area contributed by atoms with Crippen LogP contribution in [0.25, 0.3) is 0 Å². The molecule has 1 aliphatic heterocycles. The Balaban J connectivity index is 2.18. The summed E-state index contributed by atoms with van der Waals surface area (Å²) in [5.41, 5.74) is 1.87. The Hall–Kier alpha value is -0.870. The highest BCUT2D eigenvalue weighted by molar-refractivity contribution is 9.10. The van der Waals surface area contributed by atoms with Crippen LogP contribution in [0.3, 0.4) is 0 Å². The number of hydrogen-bond acceptors (Lipinski definition) is 2. The molecule has 98 valence electrons. The van der Waals surface area contributed by atoms with Crippen LogP contribution in [0.4, 0.5) is 0 Å². The van der Waals surface area contributed by atoms with Crippen LogP contribution in [0.15, 0.2) is 22.7 Å². The second kappa shape index (κ2) is 5.85. The largest absolute Gasteiger partial charge is 0.337 e. The van der Waals surface area contributed by atoms with Gasteiger partial charge in [-0.2, -0.15) is 0 Å². The van der Waals surface area contributed by atoms with Crippen molar-refractivity contribution in [2.75, 3.05) is 20.1 Å². The number of aryl methyl sites for hydroxylation is 1. The molecule has 2 rings (SSSR count). The Morgan fingerprint density at radius 3 is 3.00 bits per heavy atom. The highest BCUT2D eigenvalue weighted by atomic mass is 79.9. The van der Waals surface area contributed by atoms with Crippen molar-refractivity contribution >= 4 is 21.8 Å². The lowest BCUT2D eigenvalue weighted by atomic mass is 10.0. The first-order chi connectivity index (χ1) is 8.63. The molecule has 4 heteroatoms. The van der Waals surface area contributed by atoms with Crippen LogP contribution in [0.2, 0.25) is 0 Å². The fourth-order valence-electron chi connectivity index (χ4n) is 2.38. The van der Waals surface area contributed by atoms with Gasteiger partial charge < -0.3 is 10.2 Å². The van der Waals surface area contributed by atoms with Crippen molar-refractivity contribution in [3.63, 3.8) is 0 Å². The molecule has 1 saturated heterocycles. The van der Waals surface area contributed by atoms with E-state index in [1.807, 2.05) is 37.1 Å². The molecule has 1 heterocycles. The maximum atomic E-state index is 12.5. The number of halogens is 1. The van der Waals surface area contributed by atoms with E-state index in [4.69, 9.17) is 0 Å². The summed E-state index contributed by atoms with van der Waals surface area (Å²) in [7, 11) is 1.96. The van der Waals surface area contributed by atoms with Gasteiger partial charge in [-0.05, 0) is 54.4 Å². The zero-order chi connectivity index (χ0) is 13.1. The van der Waals surface area contributed by atoms with E-state index in [2.05, 4.69) is 21.2 Å². The van der Waals surface area contributed by atoms with Crippen molar-refractivity contribution in [1.82, 2.24) is 10.2 Å². The van der Waals surface area contributed by atoms with E-state index in [9.17, 15) is 4.79 Å². The summed E-state index contributed by atoms with van der Waals surface area (Å²) >= 11 is 3.52. The van der Waals surface area contributed by atoms with Crippen molar-refractivity contribution < 1.29 is 4.79 Å². The average molecular weight is 311 g/mol. The summed E-state index contributed by atoms with van der Waals surface area (Å²) in [6.07, 6.45) is 2.22. The van der Waals surface area contributed by atoms with Gasteiger partial charge in [-0.25, -0.2) is 0 Å². The third kappa shape index (κ3) is 2.75. The molecule has 0 spiro atoms. The SMILES string of the molecule is CNC1CCCN(C(=O)c2cccc(C)c2Br)C1. The molecular formula is C14H19BrN2O. The Morgan fingerprint density at radius 1 is 1.50 bits per heavy atom. The maximum absolute atomic E-state index is 12.5. The van der Waals surface area contributed by atoms with Gasteiger partial charge in [-0.1, -0.05) is 12.1 Å². The molecule has 0 radical (unpaired) electrons. The lowest BCUT2D eigenvalue weighted by Crippen LogP contribution is -2.47. The van der Waals surface area contributed by atoms with Gasteiger partial charge in [0.25, 0.3) is 5.91 Å². The number of nitrogens with one attached hydrogen (secondary N) is 1. The molecule has 1 aromatic rings. The Kier molecular flexibility index (Phi) is 4.40. The van der Waals surface area contributed by atoms with E-state index in [0.29, 0.717) is 6.04 Å². The minimum absolute atomic E-state index is 0.130. The van der Waals surface area contributed by atoms with E-state index >= 15 is 0 Å². The highest BCUT2D eigenvalue weighted by Crippen LogP contribution is 2.23. The maximum Gasteiger partial charge on any atom is 0.255 e. The van der Waals surface area contributed by atoms with E-state index in [-0.39, 0.29) is 5.91 Å². The van der Waals surface area contributed by atoms with Crippen molar-refractivity contribution in [2.24, 2.45) is 0 Å². The van der Waals surface area contributed by atoms with E-state index in [1.54, 1.807) is 0 Å². The third-order valence-electron chi connectivity index (χ3n) is 3.54. The fraction of sp³-hybridized carbons (Fsp3) is 0.500. The van der Waals surface area contributed by atoms with Crippen LogP contribution in [0.1, 0.15) is 28.8 Å². The minimum atomic E-state index is 0.130. The summed E-state index contributed by atoms with van der Waals surface area (Å²) in [4.78, 5) is 14.5. The molecule has 0 saturated carbocycles. The number of likely N-dealkylation sites (N-methyl/N-ethyl adjacent to an activating group) is 1. The van der Waals surface area contributed by atoms with Crippen LogP contribution >= 0.6 is 15.9 Å². The lowest BCUT2D eigenvalue weighted by Gasteiger charge is -2.33. The predicted octanol–water partition coefficient (Wildman–Crippen LogP) is 2.58. The monoisotopic (exact) mass is 310 g/mol. The van der Waals surface area contributed by atoms with Gasteiger partial charge in [-0.15, -0.1) is 0 Å². The van der Waals surface area contributed by atoms with Crippen molar-refractivity contribution in [2.45, 2.75) is 25.8 Å². The standard InChI is InChI=1S/C14H19BrN2O/c1-10-5-3-7-12(13(10)15)14(18)17-8-4-6-11(9-17)16-2/h3,5,7,11,16H,4,6,8-9H2,1-2H3. The van der Waals surface area contributed by atoms with E-state index in [0.717, 1.165) is 41.5 Å². The van der Waals surface area contributed by atoms with Gasteiger partial charge in [0.1, 0.15) is 0 Å². The number of carbonyl (C=O) groups excluding carboxylic acids is 1. The first-order valence-electron chi connectivity index (χ1n) is 6.35. The van der Waals surface area contributed by atoms with Crippen molar-refractivity contribution in [3.8, 4) is 0 Å².